The van der Waals surface area contributed by atoms with Crippen molar-refractivity contribution in [2.45, 2.75) is 12.5 Å². The third-order valence-corrected chi connectivity index (χ3v) is 5.43. The molecular formula is C20H17Cl2NO5. The quantitative estimate of drug-likeness (QED) is 0.567. The zero-order valence-corrected chi connectivity index (χ0v) is 16.1. The Bertz CT molecular complexity index is 1110. The number of pyridine rings is 1. The lowest BCUT2D eigenvalue weighted by Crippen LogP contribution is -2.24. The highest BCUT2D eigenvalue weighted by atomic mass is 35.5. The molecule has 3 rings (SSSR count). The van der Waals surface area contributed by atoms with Crippen molar-refractivity contribution >= 4 is 40.1 Å². The first kappa shape index (κ1) is 20.4. The predicted molar refractivity (Wildman–Crippen MR) is 108 cm³/mol. The van der Waals surface area contributed by atoms with Gasteiger partial charge in [-0.2, -0.15) is 0 Å². The number of aliphatic hydroxyl groups excluding tert-OH is 2. The summed E-state index contributed by atoms with van der Waals surface area (Å²) in [6.07, 6.45) is 1.55. The van der Waals surface area contributed by atoms with E-state index in [0.717, 1.165) is 17.3 Å². The van der Waals surface area contributed by atoms with Crippen molar-refractivity contribution < 1.29 is 20.1 Å². The van der Waals surface area contributed by atoms with Gasteiger partial charge in [0.1, 0.15) is 5.56 Å². The Labute approximate surface area is 170 Å². The number of aromatic nitrogens is 1. The number of carboxylic acids is 1. The van der Waals surface area contributed by atoms with E-state index < -0.39 is 36.2 Å². The zero-order chi connectivity index (χ0) is 20.4. The average Bonchev–Trinajstić information content (AvgIpc) is 2.68. The first-order valence-corrected chi connectivity index (χ1v) is 9.18. The van der Waals surface area contributed by atoms with Crippen molar-refractivity contribution in [1.82, 2.24) is 4.57 Å². The zero-order valence-electron chi connectivity index (χ0n) is 14.6. The third-order valence-electron chi connectivity index (χ3n) is 4.57. The van der Waals surface area contributed by atoms with Crippen molar-refractivity contribution in [3.05, 3.63) is 79.6 Å². The SMILES string of the molecule is O=C(O)c1cn(C(CO)CO)c2ccc(Cc3cccc(Cl)c3Cl)cc2c1=O. The molecule has 0 bridgehead atoms. The second-order valence-corrected chi connectivity index (χ2v) is 7.13. The molecule has 0 aliphatic heterocycles. The van der Waals surface area contributed by atoms with Gasteiger partial charge in [0.15, 0.2) is 0 Å². The van der Waals surface area contributed by atoms with Crippen LogP contribution in [-0.2, 0) is 6.42 Å². The maximum atomic E-state index is 12.7. The van der Waals surface area contributed by atoms with Gasteiger partial charge in [0.2, 0.25) is 5.43 Å². The molecule has 0 aliphatic rings. The minimum atomic E-state index is -1.38. The van der Waals surface area contributed by atoms with Crippen LogP contribution in [0.3, 0.4) is 0 Å². The molecule has 0 radical (unpaired) electrons. The smallest absolute Gasteiger partial charge is 0.341 e. The van der Waals surface area contributed by atoms with E-state index in [1.54, 1.807) is 30.3 Å². The van der Waals surface area contributed by atoms with Crippen molar-refractivity contribution in [2.75, 3.05) is 13.2 Å². The summed E-state index contributed by atoms with van der Waals surface area (Å²) < 4.78 is 1.41. The number of aromatic carboxylic acids is 1. The van der Waals surface area contributed by atoms with E-state index >= 15 is 0 Å². The van der Waals surface area contributed by atoms with Crippen molar-refractivity contribution in [3.8, 4) is 0 Å². The number of carboxylic acid groups (broad SMARTS) is 1. The number of rotatable bonds is 6. The molecule has 1 aromatic heterocycles. The number of benzene rings is 2. The summed E-state index contributed by atoms with van der Waals surface area (Å²) in [6.45, 7) is -0.819. The predicted octanol–water partition coefficient (Wildman–Crippen LogP) is 3.12. The van der Waals surface area contributed by atoms with Crippen molar-refractivity contribution in [2.24, 2.45) is 0 Å². The molecule has 0 unspecified atom stereocenters. The maximum absolute atomic E-state index is 12.7. The van der Waals surface area contributed by atoms with Crippen LogP contribution in [0.1, 0.15) is 27.5 Å². The highest BCUT2D eigenvalue weighted by Gasteiger charge is 2.19. The fourth-order valence-corrected chi connectivity index (χ4v) is 3.49. The number of aliphatic hydroxyl groups is 2. The molecule has 0 saturated carbocycles. The second-order valence-electron chi connectivity index (χ2n) is 6.34. The Balaban J connectivity index is 2.19. The molecule has 0 spiro atoms. The van der Waals surface area contributed by atoms with E-state index in [4.69, 9.17) is 23.2 Å². The molecule has 0 aliphatic carbocycles. The van der Waals surface area contributed by atoms with Crippen LogP contribution in [0.15, 0.2) is 47.4 Å². The van der Waals surface area contributed by atoms with Crippen LogP contribution in [0.2, 0.25) is 10.0 Å². The summed E-state index contributed by atoms with van der Waals surface area (Å²) in [4.78, 5) is 24.2. The first-order chi connectivity index (χ1) is 13.4. The van der Waals surface area contributed by atoms with Crippen LogP contribution < -0.4 is 5.43 Å². The largest absolute Gasteiger partial charge is 0.477 e. The molecule has 2 aromatic carbocycles. The molecule has 6 nitrogen and oxygen atoms in total. The topological polar surface area (TPSA) is 99.8 Å². The van der Waals surface area contributed by atoms with Gasteiger partial charge in [-0.15, -0.1) is 0 Å². The summed E-state index contributed by atoms with van der Waals surface area (Å²) >= 11 is 12.3. The lowest BCUT2D eigenvalue weighted by molar-refractivity contribution is 0.0693. The number of carbonyl (C=O) groups is 1. The van der Waals surface area contributed by atoms with Crippen LogP contribution in [0.25, 0.3) is 10.9 Å². The molecule has 0 atom stereocenters. The van der Waals surface area contributed by atoms with Gasteiger partial charge >= 0.3 is 5.97 Å². The maximum Gasteiger partial charge on any atom is 0.341 e. The lowest BCUT2D eigenvalue weighted by Gasteiger charge is -2.20. The van der Waals surface area contributed by atoms with Gasteiger partial charge in [0.05, 0.1) is 34.8 Å². The number of hydrogen-bond donors (Lipinski definition) is 3. The standard InChI is InChI=1S/C20H17Cl2NO5/c21-16-3-1-2-12(18(16)22)6-11-4-5-17-14(7-11)19(26)15(20(27)28)8-23(17)13(9-24)10-25/h1-5,7-8,13,24-25H,6,9-10H2,(H,27,28). The van der Waals surface area contributed by atoms with Crippen LogP contribution in [0.5, 0.6) is 0 Å². The van der Waals surface area contributed by atoms with Crippen molar-refractivity contribution in [3.63, 3.8) is 0 Å². The van der Waals surface area contributed by atoms with Gasteiger partial charge in [-0.25, -0.2) is 4.79 Å². The van der Waals surface area contributed by atoms with Crippen LogP contribution >= 0.6 is 23.2 Å². The van der Waals surface area contributed by atoms with E-state index in [2.05, 4.69) is 0 Å². The summed E-state index contributed by atoms with van der Waals surface area (Å²) in [5, 5.41) is 29.4. The van der Waals surface area contributed by atoms with Gasteiger partial charge in [0, 0.05) is 11.6 Å². The molecular weight excluding hydrogens is 405 g/mol. The van der Waals surface area contributed by atoms with Gasteiger partial charge in [-0.1, -0.05) is 41.4 Å². The Morgan fingerprint density at radius 3 is 2.46 bits per heavy atom. The molecule has 0 amide bonds. The molecule has 0 saturated heterocycles. The number of fused-ring (bicyclic) bond motifs is 1. The number of hydrogen-bond acceptors (Lipinski definition) is 4. The monoisotopic (exact) mass is 421 g/mol. The molecule has 3 N–H and O–H groups in total. The Morgan fingerprint density at radius 2 is 1.82 bits per heavy atom. The fraction of sp³-hybridized carbons (Fsp3) is 0.200. The number of halogens is 2. The Hall–Kier alpha value is -2.38. The molecule has 1 heterocycles. The molecule has 8 heteroatoms. The van der Waals surface area contributed by atoms with Crippen LogP contribution in [0, 0.1) is 0 Å². The molecule has 146 valence electrons. The van der Waals surface area contributed by atoms with Crippen LogP contribution in [-0.4, -0.2) is 39.1 Å². The van der Waals surface area contributed by atoms with Crippen molar-refractivity contribution in [1.29, 1.82) is 0 Å². The Morgan fingerprint density at radius 1 is 1.11 bits per heavy atom. The summed E-state index contributed by atoms with van der Waals surface area (Å²) in [6, 6.07) is 9.54. The van der Waals surface area contributed by atoms with E-state index in [0.29, 0.717) is 22.0 Å². The minimum absolute atomic E-state index is 0.183. The average molecular weight is 422 g/mol. The molecule has 0 fully saturated rings. The van der Waals surface area contributed by atoms with Gasteiger partial charge in [-0.3, -0.25) is 4.79 Å². The Kier molecular flexibility index (Phi) is 6.05. The summed E-state index contributed by atoms with van der Waals surface area (Å²) in [5.74, 6) is -1.38. The van der Waals surface area contributed by atoms with E-state index in [9.17, 15) is 24.9 Å². The third kappa shape index (κ3) is 3.77. The fourth-order valence-electron chi connectivity index (χ4n) is 3.11. The lowest BCUT2D eigenvalue weighted by atomic mass is 10.0. The summed E-state index contributed by atoms with van der Waals surface area (Å²) in [5.41, 5.74) is 0.869. The normalized spacial score (nSPS) is 11.3. The number of nitrogens with zero attached hydrogens (tertiary/aromatic N) is 1. The molecule has 3 aromatic rings. The highest BCUT2D eigenvalue weighted by Crippen LogP contribution is 2.28. The van der Waals surface area contributed by atoms with E-state index in [1.165, 1.54) is 4.57 Å². The highest BCUT2D eigenvalue weighted by molar-refractivity contribution is 6.42. The summed E-state index contributed by atoms with van der Waals surface area (Å²) in [7, 11) is 0. The first-order valence-electron chi connectivity index (χ1n) is 8.43. The second kappa shape index (κ2) is 8.32. The van der Waals surface area contributed by atoms with Gasteiger partial charge in [0.25, 0.3) is 0 Å². The van der Waals surface area contributed by atoms with E-state index in [1.807, 2.05) is 6.07 Å². The molecule has 28 heavy (non-hydrogen) atoms. The van der Waals surface area contributed by atoms with E-state index in [-0.39, 0.29) is 5.39 Å². The van der Waals surface area contributed by atoms with Crippen LogP contribution in [0.4, 0.5) is 0 Å². The van der Waals surface area contributed by atoms with Gasteiger partial charge in [-0.05, 0) is 35.7 Å². The van der Waals surface area contributed by atoms with Gasteiger partial charge < -0.3 is 19.9 Å². The minimum Gasteiger partial charge on any atom is -0.477 e.